The maximum Gasteiger partial charge on any atom is 0.200 e. The van der Waals surface area contributed by atoms with Gasteiger partial charge in [-0.15, -0.1) is 0 Å². The number of hydrogen-bond donors (Lipinski definition) is 1. The Bertz CT molecular complexity index is 290. The summed E-state index contributed by atoms with van der Waals surface area (Å²) in [5.74, 6) is 0.611. The SMILES string of the molecule is Cc1cn(CCN(C)C(C)C)c(N)n1. The van der Waals surface area contributed by atoms with Crippen LogP contribution in [-0.4, -0.2) is 34.1 Å². The molecule has 0 fully saturated rings. The molecule has 0 aliphatic carbocycles. The summed E-state index contributed by atoms with van der Waals surface area (Å²) in [5.41, 5.74) is 6.72. The Morgan fingerprint density at radius 1 is 1.57 bits per heavy atom. The average molecular weight is 196 g/mol. The molecule has 1 heterocycles. The van der Waals surface area contributed by atoms with Crippen molar-refractivity contribution < 1.29 is 0 Å². The lowest BCUT2D eigenvalue weighted by molar-refractivity contribution is 0.263. The second-order valence-corrected chi connectivity index (χ2v) is 4.01. The van der Waals surface area contributed by atoms with Crippen LogP contribution in [0, 0.1) is 6.92 Å². The molecule has 4 heteroatoms. The second kappa shape index (κ2) is 4.46. The molecule has 0 unspecified atom stereocenters. The highest BCUT2D eigenvalue weighted by atomic mass is 15.2. The van der Waals surface area contributed by atoms with Crippen molar-refractivity contribution in [3.63, 3.8) is 0 Å². The summed E-state index contributed by atoms with van der Waals surface area (Å²) in [4.78, 5) is 6.44. The molecule has 0 saturated carbocycles. The zero-order valence-corrected chi connectivity index (χ0v) is 9.49. The smallest absolute Gasteiger partial charge is 0.200 e. The summed E-state index contributed by atoms with van der Waals surface area (Å²) in [6, 6.07) is 0.570. The van der Waals surface area contributed by atoms with Crippen LogP contribution in [0.1, 0.15) is 19.5 Å². The first kappa shape index (κ1) is 11.0. The van der Waals surface area contributed by atoms with Crippen molar-refractivity contribution in [1.82, 2.24) is 14.5 Å². The molecule has 0 spiro atoms. The van der Waals surface area contributed by atoms with E-state index in [1.165, 1.54) is 0 Å². The van der Waals surface area contributed by atoms with Gasteiger partial charge < -0.3 is 15.2 Å². The van der Waals surface area contributed by atoms with Gasteiger partial charge in [0.25, 0.3) is 0 Å². The first-order valence-corrected chi connectivity index (χ1v) is 5.00. The number of aromatic nitrogens is 2. The molecule has 1 aromatic heterocycles. The zero-order valence-electron chi connectivity index (χ0n) is 9.49. The molecule has 14 heavy (non-hydrogen) atoms. The van der Waals surface area contributed by atoms with E-state index in [0.29, 0.717) is 12.0 Å². The van der Waals surface area contributed by atoms with Gasteiger partial charge in [0.1, 0.15) is 0 Å². The summed E-state index contributed by atoms with van der Waals surface area (Å²) in [6.45, 7) is 8.23. The normalized spacial score (nSPS) is 11.6. The highest BCUT2D eigenvalue weighted by Gasteiger charge is 2.05. The molecule has 80 valence electrons. The van der Waals surface area contributed by atoms with Crippen LogP contribution in [0.2, 0.25) is 0 Å². The standard InChI is InChI=1S/C10H20N4/c1-8(2)13(4)5-6-14-7-9(3)12-10(14)11/h7-8H,5-6H2,1-4H3,(H2,11,12). The maximum atomic E-state index is 5.74. The zero-order chi connectivity index (χ0) is 10.7. The van der Waals surface area contributed by atoms with Crippen LogP contribution in [0.25, 0.3) is 0 Å². The number of hydrogen-bond acceptors (Lipinski definition) is 3. The third-order valence-corrected chi connectivity index (χ3v) is 2.50. The van der Waals surface area contributed by atoms with Gasteiger partial charge >= 0.3 is 0 Å². The fraction of sp³-hybridized carbons (Fsp3) is 0.700. The van der Waals surface area contributed by atoms with E-state index in [-0.39, 0.29) is 0 Å². The number of likely N-dealkylation sites (N-methyl/N-ethyl adjacent to an activating group) is 1. The average Bonchev–Trinajstić information content (AvgIpc) is 2.40. The number of anilines is 1. The van der Waals surface area contributed by atoms with Gasteiger partial charge in [-0.3, -0.25) is 0 Å². The minimum Gasteiger partial charge on any atom is -0.369 e. The lowest BCUT2D eigenvalue weighted by Crippen LogP contribution is -2.29. The van der Waals surface area contributed by atoms with E-state index < -0.39 is 0 Å². The predicted octanol–water partition coefficient (Wildman–Crippen LogP) is 1.11. The van der Waals surface area contributed by atoms with Gasteiger partial charge in [-0.05, 0) is 27.8 Å². The van der Waals surface area contributed by atoms with Crippen LogP contribution in [0.15, 0.2) is 6.20 Å². The Morgan fingerprint density at radius 2 is 2.21 bits per heavy atom. The minimum absolute atomic E-state index is 0.570. The van der Waals surface area contributed by atoms with Crippen molar-refractivity contribution in [3.05, 3.63) is 11.9 Å². The van der Waals surface area contributed by atoms with Crippen molar-refractivity contribution in [2.24, 2.45) is 0 Å². The molecule has 2 N–H and O–H groups in total. The summed E-state index contributed by atoms with van der Waals surface area (Å²) in [5, 5.41) is 0. The van der Waals surface area contributed by atoms with Crippen molar-refractivity contribution in [2.75, 3.05) is 19.3 Å². The fourth-order valence-corrected chi connectivity index (χ4v) is 1.27. The van der Waals surface area contributed by atoms with E-state index in [0.717, 1.165) is 18.8 Å². The molecule has 1 rings (SSSR count). The highest BCUT2D eigenvalue weighted by Crippen LogP contribution is 2.04. The van der Waals surface area contributed by atoms with Crippen LogP contribution in [0.4, 0.5) is 5.95 Å². The first-order valence-electron chi connectivity index (χ1n) is 5.00. The quantitative estimate of drug-likeness (QED) is 0.785. The first-order chi connectivity index (χ1) is 6.50. The largest absolute Gasteiger partial charge is 0.369 e. The van der Waals surface area contributed by atoms with Crippen molar-refractivity contribution >= 4 is 5.95 Å². The summed E-state index contributed by atoms with van der Waals surface area (Å²) >= 11 is 0. The molecule has 0 radical (unpaired) electrons. The fourth-order valence-electron chi connectivity index (χ4n) is 1.27. The van der Waals surface area contributed by atoms with Crippen LogP contribution in [0.3, 0.4) is 0 Å². The van der Waals surface area contributed by atoms with E-state index >= 15 is 0 Å². The number of nitrogen functional groups attached to an aromatic ring is 1. The molecular weight excluding hydrogens is 176 g/mol. The third kappa shape index (κ3) is 2.73. The monoisotopic (exact) mass is 196 g/mol. The predicted molar refractivity (Wildman–Crippen MR) is 59.1 cm³/mol. The second-order valence-electron chi connectivity index (χ2n) is 4.01. The molecule has 0 amide bonds. The number of aryl methyl sites for hydroxylation is 1. The highest BCUT2D eigenvalue weighted by molar-refractivity contribution is 5.21. The summed E-state index contributed by atoms with van der Waals surface area (Å²) < 4.78 is 1.99. The van der Waals surface area contributed by atoms with Crippen molar-refractivity contribution in [1.29, 1.82) is 0 Å². The molecule has 0 bridgehead atoms. The Hall–Kier alpha value is -1.03. The van der Waals surface area contributed by atoms with Crippen molar-refractivity contribution in [3.8, 4) is 0 Å². The number of nitrogens with two attached hydrogens (primary N) is 1. The molecular formula is C10H20N4. The molecule has 1 aromatic rings. The molecule has 0 atom stereocenters. The number of imidazole rings is 1. The van der Waals surface area contributed by atoms with Gasteiger partial charge in [-0.2, -0.15) is 0 Å². The van der Waals surface area contributed by atoms with E-state index in [4.69, 9.17) is 5.73 Å². The Labute approximate surface area is 85.7 Å². The Kier molecular flexibility index (Phi) is 3.52. The van der Waals surface area contributed by atoms with Crippen molar-refractivity contribution in [2.45, 2.75) is 33.4 Å². The number of rotatable bonds is 4. The van der Waals surface area contributed by atoms with Gasteiger partial charge in [0.05, 0.1) is 5.69 Å². The van der Waals surface area contributed by atoms with Crippen LogP contribution in [-0.2, 0) is 6.54 Å². The molecule has 0 aromatic carbocycles. The molecule has 0 saturated heterocycles. The summed E-state index contributed by atoms with van der Waals surface area (Å²) in [6.07, 6.45) is 1.99. The lowest BCUT2D eigenvalue weighted by atomic mass is 10.3. The van der Waals surface area contributed by atoms with E-state index in [9.17, 15) is 0 Å². The summed E-state index contributed by atoms with van der Waals surface area (Å²) in [7, 11) is 2.12. The van der Waals surface area contributed by atoms with Gasteiger partial charge in [-0.1, -0.05) is 0 Å². The number of nitrogens with zero attached hydrogens (tertiary/aromatic N) is 3. The Balaban J connectivity index is 2.49. The van der Waals surface area contributed by atoms with Crippen LogP contribution in [0.5, 0.6) is 0 Å². The van der Waals surface area contributed by atoms with Gasteiger partial charge in [0, 0.05) is 25.3 Å². The lowest BCUT2D eigenvalue weighted by Gasteiger charge is -2.21. The topological polar surface area (TPSA) is 47.1 Å². The van der Waals surface area contributed by atoms with Gasteiger partial charge in [-0.25, -0.2) is 4.98 Å². The van der Waals surface area contributed by atoms with E-state index in [1.54, 1.807) is 0 Å². The van der Waals surface area contributed by atoms with Crippen LogP contribution >= 0.6 is 0 Å². The molecule has 4 nitrogen and oxygen atoms in total. The maximum absolute atomic E-state index is 5.74. The molecule has 0 aliphatic rings. The van der Waals surface area contributed by atoms with Crippen LogP contribution < -0.4 is 5.73 Å². The molecule has 0 aliphatic heterocycles. The minimum atomic E-state index is 0.570. The Morgan fingerprint density at radius 3 is 2.64 bits per heavy atom. The van der Waals surface area contributed by atoms with Gasteiger partial charge in [0.15, 0.2) is 5.95 Å². The van der Waals surface area contributed by atoms with E-state index in [2.05, 4.69) is 30.8 Å². The van der Waals surface area contributed by atoms with Gasteiger partial charge in [0.2, 0.25) is 0 Å². The van der Waals surface area contributed by atoms with E-state index in [1.807, 2.05) is 17.7 Å². The third-order valence-electron chi connectivity index (χ3n) is 2.50.